The number of methoxy groups -OCH3 is 1. The Hall–Kier alpha value is -4.97. The molecular formula is C39H47N5O7. The second kappa shape index (κ2) is 15.5. The molecule has 2 aliphatic rings. The highest BCUT2D eigenvalue weighted by Crippen LogP contribution is 2.40. The van der Waals surface area contributed by atoms with Crippen molar-refractivity contribution in [1.29, 1.82) is 0 Å². The van der Waals surface area contributed by atoms with Crippen molar-refractivity contribution >= 4 is 28.9 Å². The number of rotatable bonds is 13. The number of nitrogens with zero attached hydrogens (tertiary/aromatic N) is 5. The number of aryl methyl sites for hydroxylation is 1. The van der Waals surface area contributed by atoms with Gasteiger partial charge < -0.3 is 33.7 Å². The van der Waals surface area contributed by atoms with E-state index in [2.05, 4.69) is 33.1 Å². The molecule has 12 heteroatoms. The van der Waals surface area contributed by atoms with Gasteiger partial charge >= 0.3 is 12.1 Å². The predicted molar refractivity (Wildman–Crippen MR) is 191 cm³/mol. The molecule has 1 aliphatic carbocycles. The number of amides is 2. The number of likely N-dealkylation sites (tertiary alicyclic amines) is 1. The summed E-state index contributed by atoms with van der Waals surface area (Å²) in [4.78, 5) is 42.9. The van der Waals surface area contributed by atoms with E-state index in [4.69, 9.17) is 19.3 Å². The van der Waals surface area contributed by atoms with E-state index in [0.29, 0.717) is 31.8 Å². The number of ether oxygens (including phenoxy) is 3. The van der Waals surface area contributed by atoms with Crippen molar-refractivity contribution in [2.24, 2.45) is 5.92 Å². The third-order valence-corrected chi connectivity index (χ3v) is 9.41. The fraction of sp³-hybridized carbons (Fsp3) is 0.462. The van der Waals surface area contributed by atoms with E-state index in [1.807, 2.05) is 62.1 Å². The van der Waals surface area contributed by atoms with Gasteiger partial charge in [0.25, 0.3) is 0 Å². The van der Waals surface area contributed by atoms with Gasteiger partial charge in [0.2, 0.25) is 11.8 Å². The minimum atomic E-state index is -1.10. The van der Waals surface area contributed by atoms with E-state index in [9.17, 15) is 14.4 Å². The fourth-order valence-electron chi connectivity index (χ4n) is 6.89. The Kier molecular flexibility index (Phi) is 10.9. The number of benzene rings is 2. The van der Waals surface area contributed by atoms with Gasteiger partial charge in [0, 0.05) is 74.7 Å². The van der Waals surface area contributed by atoms with Crippen LogP contribution in [-0.4, -0.2) is 92.7 Å². The average molecular weight is 698 g/mol. The number of carboxylic acid groups (broad SMARTS) is 1. The van der Waals surface area contributed by atoms with Crippen molar-refractivity contribution in [3.05, 3.63) is 78.0 Å². The molecule has 1 saturated carbocycles. The lowest BCUT2D eigenvalue weighted by molar-refractivity contribution is -0.140. The van der Waals surface area contributed by atoms with Gasteiger partial charge in [-0.3, -0.25) is 4.79 Å². The van der Waals surface area contributed by atoms with Gasteiger partial charge in [0.1, 0.15) is 5.60 Å². The maximum absolute atomic E-state index is 14.9. The summed E-state index contributed by atoms with van der Waals surface area (Å²) >= 11 is 0. The molecule has 2 aromatic heterocycles. The van der Waals surface area contributed by atoms with Crippen LogP contribution in [0, 0.1) is 5.92 Å². The van der Waals surface area contributed by atoms with Crippen LogP contribution in [0.3, 0.4) is 0 Å². The molecule has 270 valence electrons. The van der Waals surface area contributed by atoms with E-state index >= 15 is 0 Å². The molecule has 1 N–H and O–H groups in total. The van der Waals surface area contributed by atoms with Crippen molar-refractivity contribution in [3.63, 3.8) is 0 Å². The molecule has 0 radical (unpaired) electrons. The number of carbonyl (C=O) groups is 3. The van der Waals surface area contributed by atoms with Gasteiger partial charge in [-0.1, -0.05) is 36.4 Å². The molecular weight excluding hydrogens is 650 g/mol. The van der Waals surface area contributed by atoms with Gasteiger partial charge in [-0.05, 0) is 81.7 Å². The van der Waals surface area contributed by atoms with Crippen LogP contribution in [0.15, 0.2) is 66.9 Å². The number of hydrogen-bond donors (Lipinski definition) is 1. The third kappa shape index (κ3) is 8.86. The Labute approximate surface area is 298 Å². The smallest absolute Gasteiger partial charge is 0.410 e. The number of aliphatic carboxylic acids is 1. The highest BCUT2D eigenvalue weighted by molar-refractivity contribution is 5.86. The maximum Gasteiger partial charge on any atom is 0.410 e. The molecule has 2 amide bonds. The van der Waals surface area contributed by atoms with E-state index in [1.165, 1.54) is 0 Å². The van der Waals surface area contributed by atoms with Crippen molar-refractivity contribution in [2.45, 2.75) is 77.1 Å². The quantitative estimate of drug-likeness (QED) is 0.164. The number of aromatic nitrogens is 3. The summed E-state index contributed by atoms with van der Waals surface area (Å²) in [5.74, 6) is -1.58. The average Bonchev–Trinajstić information content (AvgIpc) is 3.91. The standard InChI is InChI=1S/C39H47N5O7/c1-39(2,3)51-38(48)43-19-17-30(26-9-7-10-27(21-26)33-15-16-35(41-40-33)50-25-36(45)46)32(24-43)37(47)44(29-13-14-29)23-28-22-42(18-8-20-49-4)34-12-6-5-11-31(28)34/h5-7,9-12,15-16,21-22,29-30,32H,8,13-14,17-20,23-25H2,1-4H3,(H,45,46)/t30-,32+/m1/s1. The molecule has 51 heavy (non-hydrogen) atoms. The van der Waals surface area contributed by atoms with Crippen molar-refractivity contribution in [3.8, 4) is 17.1 Å². The van der Waals surface area contributed by atoms with Crippen molar-refractivity contribution < 1.29 is 33.7 Å². The van der Waals surface area contributed by atoms with E-state index in [1.54, 1.807) is 24.1 Å². The van der Waals surface area contributed by atoms with Gasteiger partial charge in [-0.2, -0.15) is 0 Å². The van der Waals surface area contributed by atoms with Crippen LogP contribution in [0.5, 0.6) is 5.88 Å². The molecule has 12 nitrogen and oxygen atoms in total. The Morgan fingerprint density at radius 3 is 2.51 bits per heavy atom. The molecule has 0 bridgehead atoms. The van der Waals surface area contributed by atoms with Gasteiger partial charge in [-0.25, -0.2) is 9.59 Å². The summed E-state index contributed by atoms with van der Waals surface area (Å²) in [6, 6.07) is 19.7. The number of piperidine rings is 1. The third-order valence-electron chi connectivity index (χ3n) is 9.41. The zero-order valence-electron chi connectivity index (χ0n) is 29.8. The minimum absolute atomic E-state index is 0.0390. The molecule has 2 aromatic carbocycles. The number of para-hydroxylation sites is 1. The number of carbonyl (C=O) groups excluding carboxylic acids is 2. The van der Waals surface area contributed by atoms with Crippen LogP contribution in [0.4, 0.5) is 4.79 Å². The van der Waals surface area contributed by atoms with Crippen LogP contribution in [0.1, 0.15) is 63.5 Å². The van der Waals surface area contributed by atoms with Crippen LogP contribution in [0.2, 0.25) is 0 Å². The largest absolute Gasteiger partial charge is 0.479 e. The summed E-state index contributed by atoms with van der Waals surface area (Å²) in [5.41, 5.74) is 3.97. The van der Waals surface area contributed by atoms with Crippen LogP contribution >= 0.6 is 0 Å². The highest BCUT2D eigenvalue weighted by atomic mass is 16.6. The first-order valence-electron chi connectivity index (χ1n) is 17.6. The topological polar surface area (TPSA) is 136 Å². The SMILES string of the molecule is COCCCn1cc(CN(C(=O)[C@H]2CN(C(=O)OC(C)(C)C)CC[C@@H]2c2cccc(-c3ccc(OCC(=O)O)nn3)c2)C2CC2)c2ccccc21. The first-order chi connectivity index (χ1) is 24.5. The highest BCUT2D eigenvalue weighted by Gasteiger charge is 2.43. The van der Waals surface area contributed by atoms with Gasteiger partial charge in [-0.15, -0.1) is 10.2 Å². The van der Waals surface area contributed by atoms with Crippen LogP contribution in [-0.2, 0) is 32.2 Å². The fourth-order valence-corrected chi connectivity index (χ4v) is 6.89. The first-order valence-corrected chi connectivity index (χ1v) is 17.6. The van der Waals surface area contributed by atoms with Gasteiger partial charge in [0.05, 0.1) is 11.6 Å². The molecule has 2 fully saturated rings. The maximum atomic E-state index is 14.9. The van der Waals surface area contributed by atoms with Gasteiger partial charge in [0.15, 0.2) is 6.61 Å². The second-order valence-electron chi connectivity index (χ2n) is 14.4. The van der Waals surface area contributed by atoms with Crippen LogP contribution < -0.4 is 4.74 Å². The second-order valence-corrected chi connectivity index (χ2v) is 14.4. The van der Waals surface area contributed by atoms with Crippen molar-refractivity contribution in [2.75, 3.05) is 33.4 Å². The molecule has 0 unspecified atom stereocenters. The summed E-state index contributed by atoms with van der Waals surface area (Å²) in [6.07, 6.45) is 5.14. The Morgan fingerprint density at radius 1 is 1.00 bits per heavy atom. The monoisotopic (exact) mass is 697 g/mol. The Bertz CT molecular complexity index is 1850. The molecule has 6 rings (SSSR count). The van der Waals surface area contributed by atoms with E-state index < -0.39 is 30.2 Å². The number of fused-ring (bicyclic) bond motifs is 1. The summed E-state index contributed by atoms with van der Waals surface area (Å²) in [5, 5.41) is 18.4. The Morgan fingerprint density at radius 2 is 1.80 bits per heavy atom. The molecule has 1 aliphatic heterocycles. The normalized spacial score (nSPS) is 17.7. The van der Waals surface area contributed by atoms with Crippen LogP contribution in [0.25, 0.3) is 22.2 Å². The lowest BCUT2D eigenvalue weighted by atomic mass is 9.79. The molecule has 2 atom stereocenters. The zero-order chi connectivity index (χ0) is 36.1. The Balaban J connectivity index is 1.30. The lowest BCUT2D eigenvalue weighted by Crippen LogP contribution is -2.51. The summed E-state index contributed by atoms with van der Waals surface area (Å²) < 4.78 is 18.5. The molecule has 0 spiro atoms. The summed E-state index contributed by atoms with van der Waals surface area (Å²) in [6.45, 7) is 7.73. The predicted octanol–water partition coefficient (Wildman–Crippen LogP) is 6.13. The molecule has 1 saturated heterocycles. The minimum Gasteiger partial charge on any atom is -0.479 e. The molecule has 3 heterocycles. The van der Waals surface area contributed by atoms with E-state index in [0.717, 1.165) is 53.4 Å². The first kappa shape index (κ1) is 35.8. The summed E-state index contributed by atoms with van der Waals surface area (Å²) in [7, 11) is 1.71. The van der Waals surface area contributed by atoms with E-state index in [-0.39, 0.29) is 30.3 Å². The number of carboxylic acids is 1. The zero-order valence-corrected chi connectivity index (χ0v) is 29.8. The lowest BCUT2D eigenvalue weighted by Gasteiger charge is -2.40. The van der Waals surface area contributed by atoms with Crippen molar-refractivity contribution in [1.82, 2.24) is 24.6 Å². The molecule has 4 aromatic rings. The number of hydrogen-bond acceptors (Lipinski definition) is 8.